The van der Waals surface area contributed by atoms with Crippen LogP contribution in [0, 0.1) is 23.7 Å². The number of rotatable bonds is 13. The first-order valence-corrected chi connectivity index (χ1v) is 11.1. The fourth-order valence-electron chi connectivity index (χ4n) is 4.85. The van der Waals surface area contributed by atoms with E-state index in [0.717, 1.165) is 12.0 Å². The molecule has 3 aliphatic carbocycles. The summed E-state index contributed by atoms with van der Waals surface area (Å²) in [6.45, 7) is 3.23. The first-order chi connectivity index (χ1) is 15.2. The van der Waals surface area contributed by atoms with Crippen molar-refractivity contribution in [1.29, 1.82) is 0 Å². The van der Waals surface area contributed by atoms with Crippen LogP contribution in [0.4, 0.5) is 0 Å². The molecular formula is C23H30N2O6. The Morgan fingerprint density at radius 3 is 2.16 bits per heavy atom. The maximum absolute atomic E-state index is 12.6. The van der Waals surface area contributed by atoms with E-state index in [1.165, 1.54) is 4.90 Å². The van der Waals surface area contributed by atoms with Crippen LogP contribution >= 0.6 is 0 Å². The molecule has 31 heavy (non-hydrogen) atoms. The first kappa shape index (κ1) is 21.9. The maximum Gasteiger partial charge on any atom is 0.247 e. The molecule has 1 saturated heterocycles. The molecule has 8 nitrogen and oxygen atoms in total. The number of hydrogen-bond acceptors (Lipinski definition) is 6. The molecule has 1 heterocycles. The van der Waals surface area contributed by atoms with Gasteiger partial charge in [0, 0.05) is 12.1 Å². The first-order valence-electron chi connectivity index (χ1n) is 11.1. The van der Waals surface area contributed by atoms with E-state index in [4.69, 9.17) is 14.2 Å². The minimum Gasteiger partial charge on any atom is -0.377 e. The normalized spacial score (nSPS) is 28.0. The Labute approximate surface area is 182 Å². The van der Waals surface area contributed by atoms with Crippen molar-refractivity contribution in [2.45, 2.75) is 12.8 Å². The molecule has 0 aromatic heterocycles. The summed E-state index contributed by atoms with van der Waals surface area (Å²) in [5.74, 6) is 0.0873. The van der Waals surface area contributed by atoms with E-state index >= 15 is 0 Å². The van der Waals surface area contributed by atoms with Gasteiger partial charge >= 0.3 is 0 Å². The summed E-state index contributed by atoms with van der Waals surface area (Å²) in [6.07, 6.45) is 11.5. The van der Waals surface area contributed by atoms with Gasteiger partial charge in [0.1, 0.15) is 0 Å². The predicted octanol–water partition coefficient (Wildman–Crippen LogP) is 0.846. The minimum absolute atomic E-state index is 0.0309. The van der Waals surface area contributed by atoms with Crippen LogP contribution in [0.2, 0.25) is 0 Å². The number of nitrogens with zero attached hydrogens (tertiary/aromatic N) is 1. The van der Waals surface area contributed by atoms with Gasteiger partial charge in [0.05, 0.1) is 58.0 Å². The third kappa shape index (κ3) is 4.97. The molecule has 4 rings (SSSR count). The molecule has 0 aromatic rings. The number of carbonyl (C=O) groups excluding carboxylic acids is 3. The van der Waals surface area contributed by atoms with Gasteiger partial charge in [0.15, 0.2) is 0 Å². The van der Waals surface area contributed by atoms with Crippen LogP contribution in [0.1, 0.15) is 12.8 Å². The second-order valence-electron chi connectivity index (χ2n) is 8.25. The van der Waals surface area contributed by atoms with E-state index < -0.39 is 0 Å². The van der Waals surface area contributed by atoms with Crippen molar-refractivity contribution in [3.05, 3.63) is 36.0 Å². The second kappa shape index (κ2) is 10.3. The highest BCUT2D eigenvalue weighted by molar-refractivity contribution is 6.06. The number of carbonyl (C=O) groups is 3. The Kier molecular flexibility index (Phi) is 7.32. The lowest BCUT2D eigenvalue weighted by Gasteiger charge is -2.17. The summed E-state index contributed by atoms with van der Waals surface area (Å²) < 4.78 is 16.4. The van der Waals surface area contributed by atoms with E-state index in [9.17, 15) is 14.4 Å². The largest absolute Gasteiger partial charge is 0.377 e. The highest BCUT2D eigenvalue weighted by Gasteiger charge is 2.58. The fourth-order valence-corrected chi connectivity index (χ4v) is 4.85. The number of amides is 3. The van der Waals surface area contributed by atoms with E-state index in [-0.39, 0.29) is 41.4 Å². The molecule has 3 amide bonds. The highest BCUT2D eigenvalue weighted by atomic mass is 16.5. The van der Waals surface area contributed by atoms with Crippen molar-refractivity contribution < 1.29 is 28.6 Å². The van der Waals surface area contributed by atoms with Crippen molar-refractivity contribution in [3.8, 4) is 0 Å². The van der Waals surface area contributed by atoms with Gasteiger partial charge in [-0.2, -0.15) is 0 Å². The molecule has 1 saturated carbocycles. The van der Waals surface area contributed by atoms with E-state index in [2.05, 4.69) is 17.5 Å². The zero-order chi connectivity index (χ0) is 21.6. The van der Waals surface area contributed by atoms with Gasteiger partial charge in [-0.05, 0) is 24.7 Å². The Hall–Kier alpha value is -2.29. The van der Waals surface area contributed by atoms with Crippen molar-refractivity contribution in [2.24, 2.45) is 23.7 Å². The quantitative estimate of drug-likeness (QED) is 0.264. The molecule has 8 heteroatoms. The van der Waals surface area contributed by atoms with Gasteiger partial charge in [-0.3, -0.25) is 19.3 Å². The molecule has 0 spiro atoms. The molecule has 0 aromatic carbocycles. The van der Waals surface area contributed by atoms with Crippen molar-refractivity contribution >= 4 is 17.7 Å². The summed E-state index contributed by atoms with van der Waals surface area (Å²) in [7, 11) is 0. The number of fused-ring (bicyclic) bond motifs is 5. The Morgan fingerprint density at radius 2 is 1.55 bits per heavy atom. The molecule has 0 radical (unpaired) electrons. The Balaban J connectivity index is 0.969. The monoisotopic (exact) mass is 430 g/mol. The van der Waals surface area contributed by atoms with Crippen LogP contribution in [0.15, 0.2) is 36.0 Å². The minimum atomic E-state index is -0.143. The third-order valence-corrected chi connectivity index (χ3v) is 6.36. The fraction of sp³-hybridized carbons (Fsp3) is 0.609. The number of allylic oxidation sites excluding steroid dienone is 5. The molecule has 4 aliphatic rings. The SMILES string of the molecule is O=C(NCCOCCOCCOCCN1C(=O)C2C3C=CC(C3)C2C1=O)C1=CC=CC1. The zero-order valence-corrected chi connectivity index (χ0v) is 17.7. The summed E-state index contributed by atoms with van der Waals surface area (Å²) in [5, 5.41) is 2.81. The second-order valence-corrected chi connectivity index (χ2v) is 8.25. The van der Waals surface area contributed by atoms with Gasteiger partial charge in [0.25, 0.3) is 0 Å². The lowest BCUT2D eigenvalue weighted by atomic mass is 9.85. The lowest BCUT2D eigenvalue weighted by molar-refractivity contribution is -0.141. The third-order valence-electron chi connectivity index (χ3n) is 6.36. The predicted molar refractivity (Wildman–Crippen MR) is 112 cm³/mol. The molecule has 2 fully saturated rings. The molecule has 4 unspecified atom stereocenters. The van der Waals surface area contributed by atoms with E-state index in [1.807, 2.05) is 18.2 Å². The lowest BCUT2D eigenvalue weighted by Crippen LogP contribution is -2.35. The Morgan fingerprint density at radius 1 is 0.935 bits per heavy atom. The average molecular weight is 431 g/mol. The standard InChI is InChI=1S/C23H30N2O6/c26-21(16-3-1-2-4-16)24-7-9-29-11-13-31-14-12-30-10-8-25-22(27)19-17-5-6-18(15-17)20(19)23(25)28/h1-3,5-6,17-20H,4,7-15H2,(H,24,26). The van der Waals surface area contributed by atoms with E-state index in [0.29, 0.717) is 59.2 Å². The number of likely N-dealkylation sites (tertiary alicyclic amines) is 1. The van der Waals surface area contributed by atoms with Gasteiger partial charge in [-0.25, -0.2) is 0 Å². The van der Waals surface area contributed by atoms with Crippen LogP contribution in [0.25, 0.3) is 0 Å². The summed E-state index contributed by atoms with van der Waals surface area (Å²) >= 11 is 0. The van der Waals surface area contributed by atoms with Gasteiger partial charge in [0.2, 0.25) is 17.7 Å². The van der Waals surface area contributed by atoms with Crippen LogP contribution < -0.4 is 5.32 Å². The molecule has 2 bridgehead atoms. The highest BCUT2D eigenvalue weighted by Crippen LogP contribution is 2.52. The Bertz CT molecular complexity index is 759. The molecule has 4 atom stereocenters. The number of nitrogens with one attached hydrogen (secondary N) is 1. The molecule has 168 valence electrons. The van der Waals surface area contributed by atoms with Gasteiger partial charge in [-0.15, -0.1) is 0 Å². The molecule has 1 aliphatic heterocycles. The van der Waals surface area contributed by atoms with Crippen LogP contribution in [0.3, 0.4) is 0 Å². The summed E-state index contributed by atoms with van der Waals surface area (Å²) in [5.41, 5.74) is 0.772. The van der Waals surface area contributed by atoms with Crippen molar-refractivity contribution in [3.63, 3.8) is 0 Å². The number of imide groups is 1. The van der Waals surface area contributed by atoms with Gasteiger partial charge in [-0.1, -0.05) is 30.4 Å². The van der Waals surface area contributed by atoms with E-state index in [1.54, 1.807) is 0 Å². The van der Waals surface area contributed by atoms with Crippen molar-refractivity contribution in [1.82, 2.24) is 10.2 Å². The number of ether oxygens (including phenoxy) is 3. The topological polar surface area (TPSA) is 94.2 Å². The van der Waals surface area contributed by atoms with Crippen LogP contribution in [-0.2, 0) is 28.6 Å². The molecular weight excluding hydrogens is 400 g/mol. The van der Waals surface area contributed by atoms with Crippen LogP contribution in [0.5, 0.6) is 0 Å². The van der Waals surface area contributed by atoms with Gasteiger partial charge < -0.3 is 19.5 Å². The smallest absolute Gasteiger partial charge is 0.247 e. The maximum atomic E-state index is 12.6. The summed E-state index contributed by atoms with van der Waals surface area (Å²) in [4.78, 5) is 38.2. The summed E-state index contributed by atoms with van der Waals surface area (Å²) in [6, 6.07) is 0. The average Bonchev–Trinajstić information content (AvgIpc) is 3.55. The molecule has 1 N–H and O–H groups in total. The zero-order valence-electron chi connectivity index (χ0n) is 17.7. The van der Waals surface area contributed by atoms with Crippen LogP contribution in [-0.4, -0.2) is 75.4 Å². The number of hydrogen-bond donors (Lipinski definition) is 1. The van der Waals surface area contributed by atoms with Crippen molar-refractivity contribution in [2.75, 3.05) is 52.7 Å².